The monoisotopic (exact) mass is 368 g/mol. The van der Waals surface area contributed by atoms with Crippen LogP contribution in [-0.2, 0) is 26.0 Å². The van der Waals surface area contributed by atoms with Gasteiger partial charge in [-0.1, -0.05) is 11.6 Å². The second kappa shape index (κ2) is 8.12. The number of halogens is 1. The number of carbonyl (C=O) groups excluding carboxylic acids is 1. The predicted molar refractivity (Wildman–Crippen MR) is 91.5 cm³/mol. The van der Waals surface area contributed by atoms with Gasteiger partial charge in [-0.3, -0.25) is 14.5 Å². The van der Waals surface area contributed by atoms with Crippen molar-refractivity contribution in [1.82, 2.24) is 4.98 Å². The molecule has 1 aromatic carbocycles. The van der Waals surface area contributed by atoms with Gasteiger partial charge in [0.25, 0.3) is 10.0 Å². The molecule has 128 valence electrons. The van der Waals surface area contributed by atoms with Crippen LogP contribution >= 0.6 is 11.6 Å². The summed E-state index contributed by atoms with van der Waals surface area (Å²) in [6, 6.07) is 9.47. The van der Waals surface area contributed by atoms with Crippen LogP contribution in [0.4, 0.5) is 5.69 Å². The first kappa shape index (κ1) is 18.2. The van der Waals surface area contributed by atoms with E-state index in [-0.39, 0.29) is 10.9 Å². The van der Waals surface area contributed by atoms with Gasteiger partial charge in [0.15, 0.2) is 0 Å². The number of carbonyl (C=O) groups is 1. The minimum absolute atomic E-state index is 0.0640. The second-order valence-electron chi connectivity index (χ2n) is 5.03. The van der Waals surface area contributed by atoms with Gasteiger partial charge in [0.1, 0.15) is 4.90 Å². The molecule has 0 aliphatic rings. The first-order valence-corrected chi connectivity index (χ1v) is 9.07. The maximum atomic E-state index is 12.3. The minimum Gasteiger partial charge on any atom is -0.469 e. The van der Waals surface area contributed by atoms with E-state index in [2.05, 4.69) is 14.4 Å². The molecule has 0 radical (unpaired) electrons. The number of methoxy groups -OCH3 is 1. The Bertz CT molecular complexity index is 790. The van der Waals surface area contributed by atoms with Crippen LogP contribution in [0.3, 0.4) is 0 Å². The van der Waals surface area contributed by atoms with Gasteiger partial charge in [0.05, 0.1) is 7.11 Å². The van der Waals surface area contributed by atoms with E-state index in [9.17, 15) is 13.2 Å². The van der Waals surface area contributed by atoms with Crippen LogP contribution in [0.5, 0.6) is 0 Å². The van der Waals surface area contributed by atoms with Crippen LogP contribution in [0.1, 0.15) is 18.5 Å². The summed E-state index contributed by atoms with van der Waals surface area (Å²) in [5.41, 5.74) is 1.13. The molecule has 0 saturated heterocycles. The van der Waals surface area contributed by atoms with Crippen LogP contribution in [-0.4, -0.2) is 26.5 Å². The van der Waals surface area contributed by atoms with Gasteiger partial charge in [-0.25, -0.2) is 8.42 Å². The first-order valence-electron chi connectivity index (χ1n) is 7.21. The highest BCUT2D eigenvalue weighted by Crippen LogP contribution is 2.18. The number of nitrogens with zero attached hydrogens (tertiary/aromatic N) is 1. The van der Waals surface area contributed by atoms with Gasteiger partial charge < -0.3 is 4.74 Å². The summed E-state index contributed by atoms with van der Waals surface area (Å²) in [4.78, 5) is 15.2. The minimum atomic E-state index is -3.71. The average Bonchev–Trinajstić information content (AvgIpc) is 2.57. The Balaban J connectivity index is 2.00. The molecule has 6 nitrogen and oxygen atoms in total. The topological polar surface area (TPSA) is 85.4 Å². The summed E-state index contributed by atoms with van der Waals surface area (Å²) in [5, 5.41) is 0.524. The van der Waals surface area contributed by atoms with Crippen molar-refractivity contribution in [1.29, 1.82) is 0 Å². The molecule has 1 aromatic heterocycles. The Kier molecular flexibility index (Phi) is 6.16. The quantitative estimate of drug-likeness (QED) is 0.759. The number of hydrogen-bond acceptors (Lipinski definition) is 5. The fourth-order valence-corrected chi connectivity index (χ4v) is 3.09. The number of aryl methyl sites for hydroxylation is 1. The Morgan fingerprint density at radius 1 is 1.21 bits per heavy atom. The maximum absolute atomic E-state index is 12.3. The molecule has 1 heterocycles. The summed E-state index contributed by atoms with van der Waals surface area (Å²) >= 11 is 5.77. The molecule has 0 fully saturated rings. The number of esters is 1. The number of anilines is 1. The molecular formula is C16H17ClN2O4S. The van der Waals surface area contributed by atoms with E-state index >= 15 is 0 Å². The van der Waals surface area contributed by atoms with Crippen molar-refractivity contribution in [2.24, 2.45) is 0 Å². The number of rotatable bonds is 7. The zero-order valence-corrected chi connectivity index (χ0v) is 14.6. The molecule has 0 aliphatic carbocycles. The van der Waals surface area contributed by atoms with Gasteiger partial charge in [-0.15, -0.1) is 0 Å². The Labute approximate surface area is 145 Å². The highest BCUT2D eigenvalue weighted by Gasteiger charge is 2.14. The zero-order chi connectivity index (χ0) is 17.6. The highest BCUT2D eigenvalue weighted by molar-refractivity contribution is 7.92. The third kappa shape index (κ3) is 5.21. The summed E-state index contributed by atoms with van der Waals surface area (Å²) in [6.45, 7) is 0. The van der Waals surface area contributed by atoms with Crippen LogP contribution in [0.2, 0.25) is 5.02 Å². The summed E-state index contributed by atoms with van der Waals surface area (Å²) < 4.78 is 31.6. The van der Waals surface area contributed by atoms with Crippen molar-refractivity contribution in [3.05, 3.63) is 53.3 Å². The van der Waals surface area contributed by atoms with E-state index in [1.54, 1.807) is 30.3 Å². The summed E-state index contributed by atoms with van der Waals surface area (Å²) in [5.74, 6) is -0.277. The van der Waals surface area contributed by atoms with Crippen molar-refractivity contribution in [2.75, 3.05) is 11.8 Å². The number of aromatic nitrogens is 1. The molecule has 1 N–H and O–H groups in total. The Morgan fingerprint density at radius 2 is 1.92 bits per heavy atom. The number of benzene rings is 1. The molecular weight excluding hydrogens is 352 g/mol. The van der Waals surface area contributed by atoms with Gasteiger partial charge in [0, 0.05) is 29.0 Å². The Morgan fingerprint density at radius 3 is 2.50 bits per heavy atom. The number of pyridine rings is 1. The first-order chi connectivity index (χ1) is 11.4. The summed E-state index contributed by atoms with van der Waals surface area (Å²) in [7, 11) is -2.37. The molecule has 0 amide bonds. The lowest BCUT2D eigenvalue weighted by Gasteiger charge is -2.08. The summed E-state index contributed by atoms with van der Waals surface area (Å²) in [6.07, 6.45) is 2.76. The average molecular weight is 369 g/mol. The predicted octanol–water partition coefficient (Wildman–Crippen LogP) is 3.03. The fraction of sp³-hybridized carbons (Fsp3) is 0.250. The molecule has 2 rings (SSSR count). The number of sulfonamides is 1. The van der Waals surface area contributed by atoms with Gasteiger partial charge >= 0.3 is 5.97 Å². The number of ether oxygens (including phenoxy) is 1. The standard InChI is InChI=1S/C16H17ClN2O4S/c1-23-16(20)4-2-3-13-9-10-15(11-18-13)24(21,22)19-14-7-5-12(17)6-8-14/h5-11,19H,2-4H2,1H3. The molecule has 0 atom stereocenters. The smallest absolute Gasteiger partial charge is 0.305 e. The molecule has 0 aliphatic heterocycles. The number of hydrogen-bond donors (Lipinski definition) is 1. The van der Waals surface area contributed by atoms with Crippen LogP contribution in [0.25, 0.3) is 0 Å². The van der Waals surface area contributed by atoms with Crippen molar-refractivity contribution in [2.45, 2.75) is 24.2 Å². The molecule has 0 spiro atoms. The molecule has 24 heavy (non-hydrogen) atoms. The Hall–Kier alpha value is -2.12. The molecule has 0 saturated carbocycles. The normalized spacial score (nSPS) is 11.1. The van der Waals surface area contributed by atoms with Crippen molar-refractivity contribution < 1.29 is 17.9 Å². The third-order valence-electron chi connectivity index (χ3n) is 3.25. The van der Waals surface area contributed by atoms with Crippen LogP contribution in [0, 0.1) is 0 Å². The van der Waals surface area contributed by atoms with Crippen molar-refractivity contribution in [3.8, 4) is 0 Å². The van der Waals surface area contributed by atoms with E-state index in [1.165, 1.54) is 19.4 Å². The van der Waals surface area contributed by atoms with E-state index < -0.39 is 10.0 Å². The van der Waals surface area contributed by atoms with E-state index in [0.717, 1.165) is 0 Å². The molecule has 8 heteroatoms. The van der Waals surface area contributed by atoms with Gasteiger partial charge in [-0.05, 0) is 49.2 Å². The lowest BCUT2D eigenvalue weighted by Crippen LogP contribution is -2.13. The molecule has 0 unspecified atom stereocenters. The fourth-order valence-electron chi connectivity index (χ4n) is 1.97. The number of nitrogens with one attached hydrogen (secondary N) is 1. The van der Waals surface area contributed by atoms with Crippen molar-refractivity contribution >= 4 is 33.3 Å². The third-order valence-corrected chi connectivity index (χ3v) is 4.86. The SMILES string of the molecule is COC(=O)CCCc1ccc(S(=O)(=O)Nc2ccc(Cl)cc2)cn1. The van der Waals surface area contributed by atoms with Gasteiger partial charge in [0.2, 0.25) is 0 Å². The lowest BCUT2D eigenvalue weighted by atomic mass is 10.2. The lowest BCUT2D eigenvalue weighted by molar-refractivity contribution is -0.140. The van der Waals surface area contributed by atoms with Crippen LogP contribution in [0.15, 0.2) is 47.5 Å². The van der Waals surface area contributed by atoms with E-state index in [1.807, 2.05) is 0 Å². The zero-order valence-electron chi connectivity index (χ0n) is 13.0. The van der Waals surface area contributed by atoms with E-state index in [4.69, 9.17) is 11.6 Å². The van der Waals surface area contributed by atoms with Gasteiger partial charge in [-0.2, -0.15) is 0 Å². The maximum Gasteiger partial charge on any atom is 0.305 e. The van der Waals surface area contributed by atoms with Crippen LogP contribution < -0.4 is 4.72 Å². The molecule has 2 aromatic rings. The van der Waals surface area contributed by atoms with E-state index in [0.29, 0.717) is 35.7 Å². The second-order valence-corrected chi connectivity index (χ2v) is 7.15. The highest BCUT2D eigenvalue weighted by atomic mass is 35.5. The largest absolute Gasteiger partial charge is 0.469 e. The molecule has 0 bridgehead atoms. The van der Waals surface area contributed by atoms with Crippen molar-refractivity contribution in [3.63, 3.8) is 0 Å².